The van der Waals surface area contributed by atoms with Crippen molar-refractivity contribution in [1.29, 1.82) is 0 Å². The maximum absolute atomic E-state index is 12.4. The van der Waals surface area contributed by atoms with E-state index in [0.717, 1.165) is 0 Å². The standard InChI is InChI=1S/C6H8F2O6S/c1-4(5(9)10)2-14-3-6(7,8)15(11,12)13/h1-3H2,(H,9,10)(H,11,12,13)/p-1. The van der Waals surface area contributed by atoms with Crippen LogP contribution in [-0.2, 0) is 19.6 Å². The zero-order chi connectivity index (χ0) is 12.3. The maximum atomic E-state index is 12.4. The van der Waals surface area contributed by atoms with E-state index < -0.39 is 40.1 Å². The first-order valence-electron chi connectivity index (χ1n) is 3.40. The zero-order valence-corrected chi connectivity index (χ0v) is 8.09. The van der Waals surface area contributed by atoms with Crippen molar-refractivity contribution in [1.82, 2.24) is 0 Å². The predicted octanol–water partition coefficient (Wildman–Crippen LogP) is -0.218. The van der Waals surface area contributed by atoms with Gasteiger partial charge in [0, 0.05) is 0 Å². The molecular weight excluding hydrogens is 238 g/mol. The number of carboxylic acids is 1. The molecule has 1 N–H and O–H groups in total. The van der Waals surface area contributed by atoms with Crippen LogP contribution < -0.4 is 0 Å². The number of rotatable bonds is 6. The van der Waals surface area contributed by atoms with Crippen molar-refractivity contribution in [2.45, 2.75) is 5.25 Å². The summed E-state index contributed by atoms with van der Waals surface area (Å²) in [5.41, 5.74) is -0.533. The van der Waals surface area contributed by atoms with Gasteiger partial charge < -0.3 is 14.4 Å². The maximum Gasteiger partial charge on any atom is 0.357 e. The van der Waals surface area contributed by atoms with Crippen LogP contribution in [0.1, 0.15) is 0 Å². The second kappa shape index (κ2) is 4.64. The van der Waals surface area contributed by atoms with Crippen LogP contribution in [0, 0.1) is 0 Å². The summed E-state index contributed by atoms with van der Waals surface area (Å²) in [5, 5.41) is 3.65. The molecule has 88 valence electrons. The highest BCUT2D eigenvalue weighted by Crippen LogP contribution is 2.20. The highest BCUT2D eigenvalue weighted by Gasteiger charge is 2.37. The van der Waals surface area contributed by atoms with Crippen LogP contribution in [-0.4, -0.2) is 42.5 Å². The molecule has 15 heavy (non-hydrogen) atoms. The summed E-state index contributed by atoms with van der Waals surface area (Å²) in [7, 11) is -5.81. The van der Waals surface area contributed by atoms with Gasteiger partial charge in [-0.2, -0.15) is 8.78 Å². The third-order valence-electron chi connectivity index (χ3n) is 1.21. The molecule has 0 heterocycles. The summed E-state index contributed by atoms with van der Waals surface area (Å²) >= 11 is 0. The van der Waals surface area contributed by atoms with Crippen LogP contribution in [0.15, 0.2) is 12.2 Å². The normalized spacial score (nSPS) is 12.5. The van der Waals surface area contributed by atoms with Crippen molar-refractivity contribution in [3.8, 4) is 0 Å². The molecule has 0 aliphatic rings. The lowest BCUT2D eigenvalue weighted by Crippen LogP contribution is -2.34. The second-order valence-corrected chi connectivity index (χ2v) is 4.00. The van der Waals surface area contributed by atoms with Crippen molar-refractivity contribution in [2.75, 3.05) is 13.2 Å². The molecule has 0 radical (unpaired) electrons. The van der Waals surface area contributed by atoms with Crippen molar-refractivity contribution < 1.29 is 36.4 Å². The Morgan fingerprint density at radius 1 is 1.53 bits per heavy atom. The van der Waals surface area contributed by atoms with Crippen LogP contribution >= 0.6 is 0 Å². The van der Waals surface area contributed by atoms with Crippen LogP contribution in [0.25, 0.3) is 0 Å². The highest BCUT2D eigenvalue weighted by atomic mass is 32.2. The number of aliphatic carboxylic acids is 1. The minimum Gasteiger partial charge on any atom is -0.743 e. The number of alkyl halides is 2. The number of carbonyl (C=O) groups is 1. The molecule has 0 atom stereocenters. The van der Waals surface area contributed by atoms with E-state index in [9.17, 15) is 26.5 Å². The number of halogens is 2. The SMILES string of the molecule is C=C(COCC(F)(F)S(=O)(=O)[O-])C(=O)O. The van der Waals surface area contributed by atoms with E-state index in [4.69, 9.17) is 5.11 Å². The monoisotopic (exact) mass is 245 g/mol. The lowest BCUT2D eigenvalue weighted by molar-refractivity contribution is -0.133. The van der Waals surface area contributed by atoms with Gasteiger partial charge in [-0.25, -0.2) is 13.2 Å². The predicted molar refractivity (Wildman–Crippen MR) is 42.2 cm³/mol. The van der Waals surface area contributed by atoms with Crippen LogP contribution in [0.3, 0.4) is 0 Å². The largest absolute Gasteiger partial charge is 0.743 e. The summed E-state index contributed by atoms with van der Waals surface area (Å²) in [6.45, 7) is 0.444. The van der Waals surface area contributed by atoms with Gasteiger partial charge in [0.1, 0.15) is 6.61 Å². The van der Waals surface area contributed by atoms with Crippen LogP contribution in [0.4, 0.5) is 8.78 Å². The zero-order valence-electron chi connectivity index (χ0n) is 7.27. The molecule has 0 amide bonds. The van der Waals surface area contributed by atoms with Crippen molar-refractivity contribution in [3.05, 3.63) is 12.2 Å². The van der Waals surface area contributed by atoms with Gasteiger partial charge in [-0.15, -0.1) is 0 Å². The Balaban J connectivity index is 4.19. The topological polar surface area (TPSA) is 104 Å². The Morgan fingerprint density at radius 3 is 2.33 bits per heavy atom. The fourth-order valence-electron chi connectivity index (χ4n) is 0.427. The van der Waals surface area contributed by atoms with Crippen molar-refractivity contribution in [2.24, 2.45) is 0 Å². The van der Waals surface area contributed by atoms with E-state index in [-0.39, 0.29) is 0 Å². The molecule has 0 unspecified atom stereocenters. The number of carboxylic acid groups (broad SMARTS) is 1. The number of ether oxygens (including phenoxy) is 1. The van der Waals surface area contributed by atoms with E-state index in [1.54, 1.807) is 0 Å². The Labute approximate surface area is 83.9 Å². The molecule has 0 aromatic heterocycles. The lowest BCUT2D eigenvalue weighted by atomic mass is 10.3. The van der Waals surface area contributed by atoms with Gasteiger partial charge in [0.25, 0.3) is 0 Å². The third-order valence-corrected chi connectivity index (χ3v) is 2.06. The summed E-state index contributed by atoms with van der Waals surface area (Å²) < 4.78 is 58.6. The molecule has 0 aromatic carbocycles. The molecule has 0 aliphatic carbocycles. The first-order chi connectivity index (χ1) is 6.58. The van der Waals surface area contributed by atoms with E-state index in [1.165, 1.54) is 0 Å². The summed E-state index contributed by atoms with van der Waals surface area (Å²) in [5.74, 6) is -1.47. The quantitative estimate of drug-likeness (QED) is 0.512. The Bertz CT molecular complexity index is 360. The van der Waals surface area contributed by atoms with Crippen molar-refractivity contribution >= 4 is 16.1 Å². The smallest absolute Gasteiger partial charge is 0.357 e. The summed E-state index contributed by atoms with van der Waals surface area (Å²) in [6, 6.07) is 0. The number of hydrogen-bond donors (Lipinski definition) is 1. The average molecular weight is 245 g/mol. The third kappa shape index (κ3) is 4.32. The minimum atomic E-state index is -5.81. The first-order valence-corrected chi connectivity index (χ1v) is 4.81. The van der Waals surface area contributed by atoms with Crippen molar-refractivity contribution in [3.63, 3.8) is 0 Å². The molecule has 0 rings (SSSR count). The van der Waals surface area contributed by atoms with Gasteiger partial charge in [-0.1, -0.05) is 6.58 Å². The lowest BCUT2D eigenvalue weighted by Gasteiger charge is -2.19. The van der Waals surface area contributed by atoms with E-state index in [1.807, 2.05) is 0 Å². The summed E-state index contributed by atoms with van der Waals surface area (Å²) in [4.78, 5) is 10.1. The van der Waals surface area contributed by atoms with Gasteiger partial charge in [0.2, 0.25) is 0 Å². The second-order valence-electron chi connectivity index (χ2n) is 2.49. The molecule has 0 aromatic rings. The van der Waals surface area contributed by atoms with Gasteiger partial charge in [0.05, 0.1) is 12.2 Å². The first kappa shape index (κ1) is 13.9. The van der Waals surface area contributed by atoms with Crippen LogP contribution in [0.2, 0.25) is 0 Å². The average Bonchev–Trinajstić information content (AvgIpc) is 2.01. The molecule has 0 saturated heterocycles. The molecular formula is C6H7F2O6S-. The fraction of sp³-hybridized carbons (Fsp3) is 0.500. The molecule has 0 saturated carbocycles. The fourth-order valence-corrected chi connectivity index (χ4v) is 0.655. The minimum absolute atomic E-state index is 0.533. The van der Waals surface area contributed by atoms with Gasteiger partial charge >= 0.3 is 11.2 Å². The molecule has 0 aliphatic heterocycles. The van der Waals surface area contributed by atoms with Crippen LogP contribution in [0.5, 0.6) is 0 Å². The Hall–Kier alpha value is -1.06. The van der Waals surface area contributed by atoms with Gasteiger partial charge in [-0.3, -0.25) is 0 Å². The molecule has 0 spiro atoms. The van der Waals surface area contributed by atoms with Gasteiger partial charge in [0.15, 0.2) is 10.1 Å². The Morgan fingerprint density at radius 2 is 2.00 bits per heavy atom. The number of hydrogen-bond acceptors (Lipinski definition) is 5. The van der Waals surface area contributed by atoms with E-state index in [0.29, 0.717) is 0 Å². The van der Waals surface area contributed by atoms with E-state index >= 15 is 0 Å². The molecule has 6 nitrogen and oxygen atoms in total. The molecule has 0 bridgehead atoms. The van der Waals surface area contributed by atoms with E-state index in [2.05, 4.69) is 11.3 Å². The highest BCUT2D eigenvalue weighted by molar-refractivity contribution is 7.86. The molecule has 0 fully saturated rings. The summed E-state index contributed by atoms with van der Waals surface area (Å²) in [6.07, 6.45) is 0. The molecule has 9 heteroatoms. The van der Waals surface area contributed by atoms with Gasteiger partial charge in [-0.05, 0) is 0 Å². The Kier molecular flexibility index (Phi) is 4.31.